The predicted octanol–water partition coefficient (Wildman–Crippen LogP) is 4.28. The third kappa shape index (κ3) is 9.79. The molecule has 0 unspecified atom stereocenters. The molecule has 3 atom stereocenters. The fourth-order valence-corrected chi connectivity index (χ4v) is 4.64. The Hall–Kier alpha value is -4.42. The number of Topliss-reactive ketones (excluding diaryl/α,β-unsaturated/α-hetero) is 1. The Morgan fingerprint density at radius 1 is 0.867 bits per heavy atom. The summed E-state index contributed by atoms with van der Waals surface area (Å²) in [4.78, 5) is 52.6. The molecule has 3 aromatic carbocycles. The molecule has 0 saturated carbocycles. The van der Waals surface area contributed by atoms with E-state index < -0.39 is 53.7 Å². The Kier molecular flexibility index (Phi) is 12.1. The van der Waals surface area contributed by atoms with Crippen LogP contribution >= 0.6 is 11.6 Å². The van der Waals surface area contributed by atoms with Crippen molar-refractivity contribution in [3.8, 4) is 5.75 Å². The van der Waals surface area contributed by atoms with Gasteiger partial charge < -0.3 is 26.4 Å². The van der Waals surface area contributed by atoms with Gasteiger partial charge in [-0.25, -0.2) is 0 Å². The number of amides is 3. The van der Waals surface area contributed by atoms with Gasteiger partial charge in [0.1, 0.15) is 17.8 Å². The second-order valence-electron chi connectivity index (χ2n) is 10.6. The molecule has 240 valence electrons. The summed E-state index contributed by atoms with van der Waals surface area (Å²) >= 11 is 6.13. The van der Waals surface area contributed by atoms with Gasteiger partial charge in [-0.3, -0.25) is 19.2 Å². The molecule has 0 heterocycles. The Balaban J connectivity index is 1.96. The first-order valence-corrected chi connectivity index (χ1v) is 14.3. The second kappa shape index (κ2) is 15.5. The Labute approximate surface area is 263 Å². The van der Waals surface area contributed by atoms with Crippen molar-refractivity contribution in [1.82, 2.24) is 16.0 Å². The maximum Gasteiger partial charge on any atom is 0.452 e. The number of hydrogen-bond donors (Lipinski definition) is 4. The Bertz CT molecular complexity index is 1500. The van der Waals surface area contributed by atoms with Crippen LogP contribution in [-0.2, 0) is 27.3 Å². The molecule has 0 aliphatic heterocycles. The molecule has 0 saturated heterocycles. The number of hydrogen-bond acceptors (Lipinski definition) is 6. The van der Waals surface area contributed by atoms with E-state index in [1.807, 2.05) is 0 Å². The highest BCUT2D eigenvalue weighted by molar-refractivity contribution is 6.30. The molecule has 0 fully saturated rings. The highest BCUT2D eigenvalue weighted by atomic mass is 35.5. The van der Waals surface area contributed by atoms with Gasteiger partial charge in [0.2, 0.25) is 11.8 Å². The zero-order valence-electron chi connectivity index (χ0n) is 24.8. The van der Waals surface area contributed by atoms with Crippen LogP contribution in [-0.4, -0.2) is 48.9 Å². The summed E-state index contributed by atoms with van der Waals surface area (Å²) in [6.45, 7) is 2.97. The molecule has 0 aliphatic rings. The molecule has 3 amide bonds. The summed E-state index contributed by atoms with van der Waals surface area (Å²) in [6.07, 6.45) is -5.24. The number of nitrogens with one attached hydrogen (secondary N) is 3. The number of ketones is 1. The van der Waals surface area contributed by atoms with Crippen LogP contribution in [0.15, 0.2) is 72.8 Å². The Morgan fingerprint density at radius 2 is 1.51 bits per heavy atom. The highest BCUT2D eigenvalue weighted by Gasteiger charge is 2.45. The van der Waals surface area contributed by atoms with Crippen LogP contribution in [0, 0.1) is 5.92 Å². The van der Waals surface area contributed by atoms with Gasteiger partial charge in [-0.1, -0.05) is 61.8 Å². The van der Waals surface area contributed by atoms with Crippen LogP contribution < -0.4 is 26.4 Å². The third-order valence-electron chi connectivity index (χ3n) is 6.93. The average molecular weight is 647 g/mol. The molecule has 45 heavy (non-hydrogen) atoms. The Morgan fingerprint density at radius 3 is 2.04 bits per heavy atom. The number of alkyl halides is 3. The molecule has 3 rings (SSSR count). The molecular weight excluding hydrogens is 613 g/mol. The smallest absolute Gasteiger partial charge is 0.452 e. The molecule has 0 spiro atoms. The van der Waals surface area contributed by atoms with Crippen molar-refractivity contribution in [1.29, 1.82) is 0 Å². The summed E-state index contributed by atoms with van der Waals surface area (Å²) in [5, 5.41) is 7.77. The fraction of sp³-hybridized carbons (Fsp3) is 0.312. The van der Waals surface area contributed by atoms with Gasteiger partial charge in [0.05, 0.1) is 13.2 Å². The topological polar surface area (TPSA) is 140 Å². The van der Waals surface area contributed by atoms with Crippen LogP contribution in [0.4, 0.5) is 13.2 Å². The number of methoxy groups -OCH3 is 1. The minimum absolute atomic E-state index is 0.0445. The zero-order chi connectivity index (χ0) is 33.3. The van der Waals surface area contributed by atoms with Gasteiger partial charge in [0, 0.05) is 23.6 Å². The lowest BCUT2D eigenvalue weighted by Crippen LogP contribution is -2.55. The predicted molar refractivity (Wildman–Crippen MR) is 162 cm³/mol. The maximum atomic E-state index is 13.8. The van der Waals surface area contributed by atoms with Crippen molar-refractivity contribution in [3.63, 3.8) is 0 Å². The molecular formula is C32H34ClF3N4O5. The van der Waals surface area contributed by atoms with Gasteiger partial charge in [-0.2, -0.15) is 13.2 Å². The lowest BCUT2D eigenvalue weighted by molar-refractivity contribution is -0.175. The van der Waals surface area contributed by atoms with Crippen molar-refractivity contribution >= 4 is 35.1 Å². The van der Waals surface area contributed by atoms with Crippen LogP contribution in [0.3, 0.4) is 0 Å². The first kappa shape index (κ1) is 35.1. The van der Waals surface area contributed by atoms with E-state index in [1.165, 1.54) is 45.2 Å². The number of ether oxygens (including phenoxy) is 1. The standard InChI is InChI=1S/C32H34ClF3N4O5/c1-18(2)26(28(41)32(34,35)36)39-31(44)27(21-11-13-24(45-3)14-12-21)40-30(43)25(16-20-5-4-6-23(33)15-20)38-29(42)22-9-7-19(17-37)8-10-22/h4-15,18,25-27H,16-17,37H2,1-3H3,(H,38,42)(H,39,44)(H,40,43)/t25-,26-,27-/m0/s1. The van der Waals surface area contributed by atoms with Crippen molar-refractivity contribution < 1.29 is 37.1 Å². The quantitative estimate of drug-likeness (QED) is 0.219. The average Bonchev–Trinajstić information content (AvgIpc) is 3.01. The van der Waals surface area contributed by atoms with Crippen LogP contribution in [0.2, 0.25) is 5.02 Å². The molecule has 0 aliphatic carbocycles. The van der Waals surface area contributed by atoms with E-state index in [4.69, 9.17) is 22.1 Å². The summed E-state index contributed by atoms with van der Waals surface area (Å²) in [5.41, 5.74) is 7.44. The molecule has 3 aromatic rings. The SMILES string of the molecule is COc1ccc([C@H](NC(=O)[C@H](Cc2cccc(Cl)c2)NC(=O)c2ccc(CN)cc2)C(=O)N[C@H](C(=O)C(F)(F)F)C(C)C)cc1. The molecule has 0 aromatic heterocycles. The number of nitrogens with two attached hydrogens (primary N) is 1. The van der Waals surface area contributed by atoms with Crippen LogP contribution in [0.25, 0.3) is 0 Å². The first-order valence-electron chi connectivity index (χ1n) is 13.9. The minimum Gasteiger partial charge on any atom is -0.497 e. The van der Waals surface area contributed by atoms with E-state index in [-0.39, 0.29) is 24.1 Å². The van der Waals surface area contributed by atoms with Crippen molar-refractivity contribution in [2.45, 2.75) is 51.1 Å². The number of benzene rings is 3. The normalized spacial score (nSPS) is 13.4. The summed E-state index contributed by atoms with van der Waals surface area (Å²) in [6, 6.07) is 14.2. The van der Waals surface area contributed by atoms with Crippen LogP contribution in [0.1, 0.15) is 46.9 Å². The highest BCUT2D eigenvalue weighted by Crippen LogP contribution is 2.24. The van der Waals surface area contributed by atoms with E-state index in [2.05, 4.69) is 16.0 Å². The molecule has 9 nitrogen and oxygen atoms in total. The van der Waals surface area contributed by atoms with Gasteiger partial charge in [0.15, 0.2) is 0 Å². The zero-order valence-corrected chi connectivity index (χ0v) is 25.5. The largest absolute Gasteiger partial charge is 0.497 e. The maximum absolute atomic E-state index is 13.8. The van der Waals surface area contributed by atoms with E-state index in [0.29, 0.717) is 16.3 Å². The summed E-state index contributed by atoms with van der Waals surface area (Å²) < 4.78 is 45.1. The molecule has 13 heteroatoms. The van der Waals surface area contributed by atoms with Crippen molar-refractivity contribution in [3.05, 3.63) is 100 Å². The molecule has 5 N–H and O–H groups in total. The number of rotatable bonds is 13. The van der Waals surface area contributed by atoms with Gasteiger partial charge in [0.25, 0.3) is 11.7 Å². The van der Waals surface area contributed by atoms with E-state index >= 15 is 0 Å². The summed E-state index contributed by atoms with van der Waals surface area (Å²) in [5.74, 6) is -5.10. The lowest BCUT2D eigenvalue weighted by atomic mass is 9.97. The summed E-state index contributed by atoms with van der Waals surface area (Å²) in [7, 11) is 1.42. The number of carbonyl (C=O) groups is 4. The molecule has 0 radical (unpaired) electrons. The van der Waals surface area contributed by atoms with Gasteiger partial charge in [-0.05, 0) is 59.0 Å². The van der Waals surface area contributed by atoms with Crippen molar-refractivity contribution in [2.75, 3.05) is 7.11 Å². The molecule has 0 bridgehead atoms. The van der Waals surface area contributed by atoms with Crippen LogP contribution in [0.5, 0.6) is 5.75 Å². The van der Waals surface area contributed by atoms with Gasteiger partial charge >= 0.3 is 6.18 Å². The fourth-order valence-electron chi connectivity index (χ4n) is 4.43. The second-order valence-corrected chi connectivity index (χ2v) is 11.0. The lowest BCUT2D eigenvalue weighted by Gasteiger charge is -2.27. The van der Waals surface area contributed by atoms with E-state index in [9.17, 15) is 32.3 Å². The van der Waals surface area contributed by atoms with E-state index in [0.717, 1.165) is 5.56 Å². The number of halogens is 4. The van der Waals surface area contributed by atoms with Crippen molar-refractivity contribution in [2.24, 2.45) is 11.7 Å². The first-order chi connectivity index (χ1) is 21.2. The minimum atomic E-state index is -5.20. The number of carbonyl (C=O) groups excluding carboxylic acids is 4. The third-order valence-corrected chi connectivity index (χ3v) is 7.16. The van der Waals surface area contributed by atoms with Gasteiger partial charge in [-0.15, -0.1) is 0 Å². The van der Waals surface area contributed by atoms with E-state index in [1.54, 1.807) is 48.5 Å². The monoisotopic (exact) mass is 646 g/mol.